The molecular formula is C20H21NO3. The van der Waals surface area contributed by atoms with E-state index in [2.05, 4.69) is 17.2 Å². The van der Waals surface area contributed by atoms with E-state index in [9.17, 15) is 4.79 Å². The van der Waals surface area contributed by atoms with Crippen molar-refractivity contribution in [2.45, 2.75) is 20.0 Å². The highest BCUT2D eigenvalue weighted by Gasteiger charge is 2.00. The summed E-state index contributed by atoms with van der Waals surface area (Å²) in [5, 5.41) is 2.68. The van der Waals surface area contributed by atoms with E-state index in [1.807, 2.05) is 61.5 Å². The van der Waals surface area contributed by atoms with Crippen molar-refractivity contribution in [2.75, 3.05) is 13.2 Å². The third-order valence-electron chi connectivity index (χ3n) is 3.13. The minimum Gasteiger partial charge on any atom is -0.494 e. The summed E-state index contributed by atoms with van der Waals surface area (Å²) in [6, 6.07) is 17.2. The largest absolute Gasteiger partial charge is 0.494 e. The summed E-state index contributed by atoms with van der Waals surface area (Å²) < 4.78 is 10.5. The van der Waals surface area contributed by atoms with Gasteiger partial charge in [-0.2, -0.15) is 0 Å². The normalized spacial score (nSPS) is 9.54. The maximum atomic E-state index is 11.6. The summed E-state index contributed by atoms with van der Waals surface area (Å²) in [6.45, 7) is 3.32. The highest BCUT2D eigenvalue weighted by atomic mass is 16.5. The van der Waals surface area contributed by atoms with Crippen LogP contribution in [0.15, 0.2) is 54.6 Å². The van der Waals surface area contributed by atoms with Gasteiger partial charge in [0.2, 0.25) is 0 Å². The second-order valence-corrected chi connectivity index (χ2v) is 5.00. The van der Waals surface area contributed by atoms with Gasteiger partial charge in [0, 0.05) is 18.5 Å². The van der Waals surface area contributed by atoms with Crippen molar-refractivity contribution < 1.29 is 14.3 Å². The van der Waals surface area contributed by atoms with Crippen LogP contribution in [-0.2, 0) is 11.3 Å². The molecule has 0 heterocycles. The number of amides is 1. The summed E-state index contributed by atoms with van der Waals surface area (Å²) in [5.74, 6) is 6.91. The van der Waals surface area contributed by atoms with Crippen LogP contribution in [0.5, 0.6) is 5.75 Å². The third-order valence-corrected chi connectivity index (χ3v) is 3.13. The molecule has 0 bridgehead atoms. The predicted octanol–water partition coefficient (Wildman–Crippen LogP) is 3.75. The first-order chi connectivity index (χ1) is 11.8. The summed E-state index contributed by atoms with van der Waals surface area (Å²) >= 11 is 0. The molecule has 0 aliphatic heterocycles. The van der Waals surface area contributed by atoms with Crippen molar-refractivity contribution in [2.24, 2.45) is 0 Å². The van der Waals surface area contributed by atoms with Crippen LogP contribution in [0, 0.1) is 11.8 Å². The molecule has 0 aliphatic carbocycles. The van der Waals surface area contributed by atoms with E-state index in [1.165, 1.54) is 0 Å². The van der Waals surface area contributed by atoms with Gasteiger partial charge in [-0.15, -0.1) is 0 Å². The van der Waals surface area contributed by atoms with Gasteiger partial charge in [-0.3, -0.25) is 0 Å². The molecule has 0 radical (unpaired) electrons. The smallest absolute Gasteiger partial charge is 0.407 e. The molecule has 0 saturated carbocycles. The fourth-order valence-electron chi connectivity index (χ4n) is 1.97. The maximum Gasteiger partial charge on any atom is 0.407 e. The Bertz CT molecular complexity index is 684. The molecule has 0 fully saturated rings. The molecule has 0 atom stereocenters. The Morgan fingerprint density at radius 3 is 2.54 bits per heavy atom. The molecule has 24 heavy (non-hydrogen) atoms. The topological polar surface area (TPSA) is 47.6 Å². The van der Waals surface area contributed by atoms with Crippen LogP contribution in [0.3, 0.4) is 0 Å². The first kappa shape index (κ1) is 17.4. The predicted molar refractivity (Wildman–Crippen MR) is 93.7 cm³/mol. The van der Waals surface area contributed by atoms with Crippen molar-refractivity contribution in [1.29, 1.82) is 0 Å². The molecule has 0 spiro atoms. The number of carbonyl (C=O) groups excluding carboxylic acids is 1. The fraction of sp³-hybridized carbons (Fsp3) is 0.250. The number of ether oxygens (including phenoxy) is 2. The Morgan fingerprint density at radius 1 is 1.08 bits per heavy atom. The Balaban J connectivity index is 1.64. The maximum absolute atomic E-state index is 11.6. The molecule has 124 valence electrons. The van der Waals surface area contributed by atoms with Gasteiger partial charge in [-0.05, 0) is 36.8 Å². The van der Waals surface area contributed by atoms with Gasteiger partial charge in [-0.1, -0.05) is 42.2 Å². The van der Waals surface area contributed by atoms with Crippen LogP contribution in [-0.4, -0.2) is 19.2 Å². The van der Waals surface area contributed by atoms with Gasteiger partial charge in [0.25, 0.3) is 0 Å². The first-order valence-electron chi connectivity index (χ1n) is 7.94. The Kier molecular flexibility index (Phi) is 7.23. The monoisotopic (exact) mass is 323 g/mol. The van der Waals surface area contributed by atoms with Crippen molar-refractivity contribution in [1.82, 2.24) is 5.32 Å². The number of alkyl carbamates (subject to hydrolysis) is 1. The van der Waals surface area contributed by atoms with Gasteiger partial charge in [0.05, 0.1) is 6.61 Å². The van der Waals surface area contributed by atoms with Gasteiger partial charge in [0.15, 0.2) is 0 Å². The number of nitrogens with one attached hydrogen (secondary N) is 1. The molecule has 0 aromatic heterocycles. The standard InChI is InChI=1S/C20H21NO3/c1-2-23-19-13-11-17(12-14-19)8-6-7-15-21-20(22)24-16-18-9-4-3-5-10-18/h3-5,9-14H,2,7,15-16H2,1H3,(H,21,22). The highest BCUT2D eigenvalue weighted by molar-refractivity contribution is 5.67. The van der Waals surface area contributed by atoms with E-state index in [4.69, 9.17) is 9.47 Å². The molecule has 1 amide bonds. The lowest BCUT2D eigenvalue weighted by Crippen LogP contribution is -2.24. The zero-order valence-electron chi connectivity index (χ0n) is 13.7. The average molecular weight is 323 g/mol. The molecule has 1 N–H and O–H groups in total. The first-order valence-corrected chi connectivity index (χ1v) is 7.94. The van der Waals surface area contributed by atoms with Gasteiger partial charge < -0.3 is 14.8 Å². The molecule has 2 rings (SSSR count). The van der Waals surface area contributed by atoms with E-state index in [0.29, 0.717) is 19.6 Å². The molecule has 0 aliphatic rings. The molecule has 4 nitrogen and oxygen atoms in total. The molecule has 0 saturated heterocycles. The van der Waals surface area contributed by atoms with Crippen molar-refractivity contribution in [3.05, 3.63) is 65.7 Å². The number of hydrogen-bond donors (Lipinski definition) is 1. The molecule has 2 aromatic rings. The van der Waals surface area contributed by atoms with Crippen molar-refractivity contribution in [3.63, 3.8) is 0 Å². The highest BCUT2D eigenvalue weighted by Crippen LogP contribution is 2.11. The number of carbonyl (C=O) groups is 1. The van der Waals surface area contributed by atoms with E-state index >= 15 is 0 Å². The van der Waals surface area contributed by atoms with E-state index < -0.39 is 6.09 Å². The lowest BCUT2D eigenvalue weighted by atomic mass is 10.2. The fourth-order valence-corrected chi connectivity index (χ4v) is 1.97. The van der Waals surface area contributed by atoms with E-state index in [-0.39, 0.29) is 6.61 Å². The molecule has 4 heteroatoms. The molecule has 0 unspecified atom stereocenters. The lowest BCUT2D eigenvalue weighted by Gasteiger charge is -2.05. The van der Waals surface area contributed by atoms with E-state index in [0.717, 1.165) is 16.9 Å². The second-order valence-electron chi connectivity index (χ2n) is 5.00. The van der Waals surface area contributed by atoms with Gasteiger partial charge in [0.1, 0.15) is 12.4 Å². The number of rotatable bonds is 6. The van der Waals surface area contributed by atoms with Crippen LogP contribution in [0.4, 0.5) is 4.79 Å². The zero-order valence-corrected chi connectivity index (χ0v) is 13.7. The minimum absolute atomic E-state index is 0.268. The molecule has 2 aromatic carbocycles. The number of hydrogen-bond acceptors (Lipinski definition) is 3. The van der Waals surface area contributed by atoms with Crippen LogP contribution in [0.2, 0.25) is 0 Å². The zero-order chi connectivity index (χ0) is 17.0. The summed E-state index contributed by atoms with van der Waals surface area (Å²) in [6.07, 6.45) is 0.134. The van der Waals surface area contributed by atoms with Crippen molar-refractivity contribution >= 4 is 6.09 Å². The van der Waals surface area contributed by atoms with Gasteiger partial charge in [-0.25, -0.2) is 4.79 Å². The summed E-state index contributed by atoms with van der Waals surface area (Å²) in [4.78, 5) is 11.6. The van der Waals surface area contributed by atoms with Crippen molar-refractivity contribution in [3.8, 4) is 17.6 Å². The lowest BCUT2D eigenvalue weighted by molar-refractivity contribution is 0.140. The number of benzene rings is 2. The Labute approximate surface area is 142 Å². The summed E-state index contributed by atoms with van der Waals surface area (Å²) in [7, 11) is 0. The summed E-state index contributed by atoms with van der Waals surface area (Å²) in [5.41, 5.74) is 1.88. The van der Waals surface area contributed by atoms with Crippen LogP contribution in [0.25, 0.3) is 0 Å². The second kappa shape index (κ2) is 9.96. The van der Waals surface area contributed by atoms with Crippen LogP contribution in [0.1, 0.15) is 24.5 Å². The van der Waals surface area contributed by atoms with Gasteiger partial charge >= 0.3 is 6.09 Å². The third kappa shape index (κ3) is 6.45. The van der Waals surface area contributed by atoms with E-state index in [1.54, 1.807) is 0 Å². The van der Waals surface area contributed by atoms with Crippen LogP contribution < -0.4 is 10.1 Å². The van der Waals surface area contributed by atoms with Crippen LogP contribution >= 0.6 is 0 Å². The average Bonchev–Trinajstić information content (AvgIpc) is 2.62. The Hall–Kier alpha value is -2.93. The molecular weight excluding hydrogens is 302 g/mol. The Morgan fingerprint density at radius 2 is 1.83 bits per heavy atom. The SMILES string of the molecule is CCOc1ccc(C#CCCNC(=O)OCc2ccccc2)cc1. The minimum atomic E-state index is -0.429. The quantitative estimate of drug-likeness (QED) is 0.650.